The number of β-amino-alcohol motifs (C(OH)–C–C–N with tert-alkyl or cyclic N) is 1. The molecule has 4 rings (SSSR count). The number of nitrogens with zero attached hydrogens (tertiary/aromatic N) is 2. The van der Waals surface area contributed by atoms with Crippen molar-refractivity contribution in [3.63, 3.8) is 0 Å². The summed E-state index contributed by atoms with van der Waals surface area (Å²) in [7, 11) is -3.98. The number of hydrogen-bond acceptors (Lipinski definition) is 7. The fourth-order valence-corrected chi connectivity index (χ4v) is 5.59. The van der Waals surface area contributed by atoms with Crippen molar-refractivity contribution in [2.45, 2.75) is 45.1 Å². The first-order valence-corrected chi connectivity index (χ1v) is 16.1. The standard InChI is InChI=1S/C30H30Cl2F3N4O7P.H2O/c1-29(2,3)37-14-22(40)16-5-6-17(24(11-16)46-47(42,43)44)15-39-25(30(33,34)35)10-8-18-19(7-9-23(45-4)27(18)39)28(41)38-26-20(31)12-36-13-21(26)32;/h5-13,22,37,40H,14-15H2,1-4H3,(H2-,36,38,41,42,43,44);1H2/p+1. The van der Waals surface area contributed by atoms with Gasteiger partial charge in [-0.25, -0.2) is 4.57 Å². The summed E-state index contributed by atoms with van der Waals surface area (Å²) in [5, 5.41) is 16.5. The zero-order chi connectivity index (χ0) is 34.9. The number of carbonyl (C=O) groups is 1. The molecule has 0 aliphatic heterocycles. The van der Waals surface area contributed by atoms with Gasteiger partial charge in [-0.3, -0.25) is 19.6 Å². The highest BCUT2D eigenvalue weighted by Crippen LogP contribution is 2.41. The molecule has 18 heteroatoms. The summed E-state index contributed by atoms with van der Waals surface area (Å²) in [6.45, 7) is 5.03. The number of ether oxygens (including phenoxy) is 1. The van der Waals surface area contributed by atoms with E-state index in [1.54, 1.807) is 0 Å². The first-order chi connectivity index (χ1) is 21.8. The van der Waals surface area contributed by atoms with Gasteiger partial charge in [0.2, 0.25) is 0 Å². The highest BCUT2D eigenvalue weighted by atomic mass is 35.5. The van der Waals surface area contributed by atoms with Crippen LogP contribution in [-0.2, 0) is 17.3 Å². The quantitative estimate of drug-likeness (QED) is 0.108. The monoisotopic (exact) mass is 735 g/mol. The Kier molecular flexibility index (Phi) is 12.1. The molecule has 4 aromatic rings. The van der Waals surface area contributed by atoms with Crippen LogP contribution in [-0.4, -0.2) is 50.5 Å². The number of aliphatic hydroxyl groups excluding tert-OH is 1. The van der Waals surface area contributed by atoms with E-state index in [0.717, 1.165) is 22.8 Å². The Morgan fingerprint density at radius 3 is 2.25 bits per heavy atom. The maximum atomic E-state index is 14.5. The molecule has 0 radical (unpaired) electrons. The molecule has 12 nitrogen and oxygen atoms in total. The van der Waals surface area contributed by atoms with E-state index in [-0.39, 0.29) is 66.6 Å². The molecule has 1 amide bonds. The van der Waals surface area contributed by atoms with E-state index in [9.17, 15) is 37.4 Å². The number of phosphoric ester groups is 1. The molecule has 48 heavy (non-hydrogen) atoms. The van der Waals surface area contributed by atoms with Gasteiger partial charge in [-0.15, -0.1) is 0 Å². The highest BCUT2D eigenvalue weighted by Gasteiger charge is 2.43. The molecule has 1 unspecified atom stereocenters. The number of pyridine rings is 2. The molecule has 0 saturated carbocycles. The lowest BCUT2D eigenvalue weighted by Crippen LogP contribution is -2.44. The average Bonchev–Trinajstić information content (AvgIpc) is 2.96. The summed E-state index contributed by atoms with van der Waals surface area (Å²) in [5.74, 6) is -1.26. The van der Waals surface area contributed by atoms with Gasteiger partial charge in [0.1, 0.15) is 5.75 Å². The minimum Gasteiger partial charge on any atom is -0.490 e. The lowest BCUT2D eigenvalue weighted by Gasteiger charge is -2.23. The summed E-state index contributed by atoms with van der Waals surface area (Å²) in [5.41, 5.74) is -1.61. The van der Waals surface area contributed by atoms with Gasteiger partial charge in [0, 0.05) is 30.5 Å². The average molecular weight is 736 g/mol. The Balaban J connectivity index is 0.00000625. The summed E-state index contributed by atoms with van der Waals surface area (Å²) in [6.07, 6.45) is -3.57. The molecular weight excluding hydrogens is 703 g/mol. The number of benzene rings is 2. The minimum atomic E-state index is -5.21. The molecule has 0 aliphatic carbocycles. The van der Waals surface area contributed by atoms with Crippen molar-refractivity contribution in [1.82, 2.24) is 10.3 Å². The molecule has 0 aliphatic rings. The Hall–Kier alpha value is -3.53. The molecular formula is C30H33Cl2F3N4O8P+. The molecule has 2 aromatic heterocycles. The lowest BCUT2D eigenvalue weighted by atomic mass is 10.0. The predicted octanol–water partition coefficient (Wildman–Crippen LogP) is 5.23. The topological polar surface area (TPSA) is 186 Å². The second-order valence-corrected chi connectivity index (χ2v) is 13.4. The third-order valence-corrected chi connectivity index (χ3v) is 7.85. The van der Waals surface area contributed by atoms with Gasteiger partial charge in [-0.2, -0.15) is 17.7 Å². The number of aromatic nitrogens is 2. The van der Waals surface area contributed by atoms with E-state index >= 15 is 0 Å². The first-order valence-electron chi connectivity index (χ1n) is 13.8. The van der Waals surface area contributed by atoms with Crippen LogP contribution in [0.5, 0.6) is 11.5 Å². The van der Waals surface area contributed by atoms with Crippen LogP contribution < -0.4 is 24.5 Å². The third-order valence-electron chi connectivity index (χ3n) is 6.84. The van der Waals surface area contributed by atoms with Gasteiger partial charge in [-0.1, -0.05) is 29.3 Å². The smallest absolute Gasteiger partial charge is 0.490 e. The van der Waals surface area contributed by atoms with Gasteiger partial charge in [-0.05, 0) is 56.7 Å². The Labute approximate surface area is 283 Å². The SMILES string of the molecule is COc1ccc(C(=O)Nc2c(Cl)cncc2Cl)c2ccc(C(F)(F)F)[n+](Cc3ccc(C(O)CNC(C)(C)C)cc3OP(=O)(O)O)c12.O. The summed E-state index contributed by atoms with van der Waals surface area (Å²) >= 11 is 12.3. The van der Waals surface area contributed by atoms with Gasteiger partial charge < -0.3 is 30.5 Å². The van der Waals surface area contributed by atoms with E-state index in [1.807, 2.05) is 20.8 Å². The van der Waals surface area contributed by atoms with Crippen molar-refractivity contribution < 1.29 is 56.7 Å². The number of aliphatic hydroxyl groups is 1. The lowest BCUT2D eigenvalue weighted by molar-refractivity contribution is -0.682. The largest absolute Gasteiger partial charge is 0.524 e. The number of alkyl halides is 3. The predicted molar refractivity (Wildman–Crippen MR) is 172 cm³/mol. The number of carbonyl (C=O) groups excluding carboxylic acids is 1. The number of methoxy groups -OCH3 is 1. The van der Waals surface area contributed by atoms with Gasteiger partial charge in [0.05, 0.1) is 45.5 Å². The number of hydrogen-bond donors (Lipinski definition) is 5. The molecule has 0 bridgehead atoms. The zero-order valence-electron chi connectivity index (χ0n) is 25.9. The van der Waals surface area contributed by atoms with Crippen molar-refractivity contribution in [2.75, 3.05) is 19.0 Å². The van der Waals surface area contributed by atoms with E-state index in [4.69, 9.17) is 32.5 Å². The van der Waals surface area contributed by atoms with E-state index in [0.29, 0.717) is 0 Å². The van der Waals surface area contributed by atoms with Gasteiger partial charge in [0.15, 0.2) is 12.3 Å². The number of rotatable bonds is 10. The molecule has 0 fully saturated rings. The molecule has 0 saturated heterocycles. The maximum Gasteiger partial charge on any atom is 0.524 e. The summed E-state index contributed by atoms with van der Waals surface area (Å²) < 4.78 is 66.5. The highest BCUT2D eigenvalue weighted by molar-refractivity contribution is 7.46. The molecule has 1 atom stereocenters. The fraction of sp³-hybridized carbons (Fsp3) is 0.300. The van der Waals surface area contributed by atoms with E-state index in [2.05, 4.69) is 15.6 Å². The van der Waals surface area contributed by atoms with Gasteiger partial charge in [0.25, 0.3) is 17.1 Å². The summed E-state index contributed by atoms with van der Waals surface area (Å²) in [6, 6.07) is 8.39. The van der Waals surface area contributed by atoms with Crippen LogP contribution in [0.3, 0.4) is 0 Å². The van der Waals surface area contributed by atoms with Crippen molar-refractivity contribution in [1.29, 1.82) is 0 Å². The van der Waals surface area contributed by atoms with Crippen molar-refractivity contribution in [2.24, 2.45) is 0 Å². The molecule has 260 valence electrons. The molecule has 2 heterocycles. The normalized spacial score (nSPS) is 12.8. The van der Waals surface area contributed by atoms with Crippen LogP contribution in [0.15, 0.2) is 54.9 Å². The maximum absolute atomic E-state index is 14.5. The van der Waals surface area contributed by atoms with Crippen molar-refractivity contribution in [3.05, 3.63) is 87.3 Å². The van der Waals surface area contributed by atoms with Crippen LogP contribution in [0.1, 0.15) is 54.1 Å². The van der Waals surface area contributed by atoms with Crippen LogP contribution >= 0.6 is 31.0 Å². The second kappa shape index (κ2) is 14.9. The zero-order valence-corrected chi connectivity index (χ0v) is 28.3. The second-order valence-electron chi connectivity index (χ2n) is 11.4. The van der Waals surface area contributed by atoms with Crippen LogP contribution in [0, 0.1) is 0 Å². The summed E-state index contributed by atoms with van der Waals surface area (Å²) in [4.78, 5) is 36.6. The van der Waals surface area contributed by atoms with Crippen LogP contribution in [0.4, 0.5) is 18.9 Å². The first kappa shape index (κ1) is 38.9. The molecule has 7 N–H and O–H groups in total. The Morgan fingerprint density at radius 2 is 1.69 bits per heavy atom. The number of phosphoric acid groups is 1. The molecule has 0 spiro atoms. The number of anilines is 1. The van der Waals surface area contributed by atoms with E-state index < -0.39 is 44.0 Å². The Bertz CT molecular complexity index is 1850. The Morgan fingerprint density at radius 1 is 1.04 bits per heavy atom. The fourth-order valence-electron chi connectivity index (χ4n) is 4.71. The number of fused-ring (bicyclic) bond motifs is 1. The van der Waals surface area contributed by atoms with Crippen molar-refractivity contribution in [3.8, 4) is 11.5 Å². The van der Waals surface area contributed by atoms with Gasteiger partial charge >= 0.3 is 14.0 Å². The van der Waals surface area contributed by atoms with Crippen LogP contribution in [0.25, 0.3) is 10.9 Å². The van der Waals surface area contributed by atoms with Crippen LogP contribution in [0.2, 0.25) is 10.0 Å². The number of nitrogens with one attached hydrogen (secondary N) is 2. The van der Waals surface area contributed by atoms with E-state index in [1.165, 1.54) is 43.8 Å². The third kappa shape index (κ3) is 9.33. The van der Waals surface area contributed by atoms with Crippen molar-refractivity contribution >= 4 is 53.5 Å². The molecule has 2 aromatic carbocycles. The number of halogens is 5. The number of amides is 1. The minimum absolute atomic E-state index is 0.